The zero-order valence-corrected chi connectivity index (χ0v) is 21.7. The smallest absolute Gasteiger partial charge is 0.277 e. The predicted molar refractivity (Wildman–Crippen MR) is 143 cm³/mol. The van der Waals surface area contributed by atoms with Crippen molar-refractivity contribution in [1.29, 1.82) is 0 Å². The molecule has 2 unspecified atom stereocenters. The SMILES string of the molecule is CCOC1CN(c2ccccn2)CC1Nc1c(C)nc(-c2ccc(N(C)C)cc2Cl)n(CC)c1=O. The van der Waals surface area contributed by atoms with Crippen LogP contribution < -0.4 is 20.7 Å². The Balaban J connectivity index is 1.68. The first kappa shape index (κ1) is 25.0. The van der Waals surface area contributed by atoms with E-state index < -0.39 is 0 Å². The minimum absolute atomic E-state index is 0.0794. The summed E-state index contributed by atoms with van der Waals surface area (Å²) in [5, 5.41) is 4.03. The molecule has 0 amide bonds. The van der Waals surface area contributed by atoms with Crippen molar-refractivity contribution < 1.29 is 4.74 Å². The van der Waals surface area contributed by atoms with E-state index in [4.69, 9.17) is 21.3 Å². The summed E-state index contributed by atoms with van der Waals surface area (Å²) in [7, 11) is 3.92. The minimum atomic E-state index is -0.116. The van der Waals surface area contributed by atoms with Gasteiger partial charge in [-0.05, 0) is 51.1 Å². The first-order valence-corrected chi connectivity index (χ1v) is 12.3. The Morgan fingerprint density at radius 3 is 2.63 bits per heavy atom. The van der Waals surface area contributed by atoms with E-state index in [0.29, 0.717) is 48.5 Å². The van der Waals surface area contributed by atoms with Gasteiger partial charge in [-0.25, -0.2) is 9.97 Å². The molecule has 2 atom stereocenters. The van der Waals surface area contributed by atoms with Gasteiger partial charge < -0.3 is 19.9 Å². The maximum atomic E-state index is 13.6. The largest absolute Gasteiger partial charge is 0.378 e. The molecule has 0 spiro atoms. The van der Waals surface area contributed by atoms with E-state index in [-0.39, 0.29) is 17.7 Å². The second-order valence-electron chi connectivity index (χ2n) is 8.84. The highest BCUT2D eigenvalue weighted by Crippen LogP contribution is 2.31. The molecule has 0 bridgehead atoms. The molecule has 4 rings (SSSR count). The van der Waals surface area contributed by atoms with Gasteiger partial charge in [-0.1, -0.05) is 17.7 Å². The van der Waals surface area contributed by atoms with Crippen molar-refractivity contribution in [2.24, 2.45) is 0 Å². The maximum absolute atomic E-state index is 13.6. The van der Waals surface area contributed by atoms with Gasteiger partial charge in [0.1, 0.15) is 17.3 Å². The number of hydrogen-bond donors (Lipinski definition) is 1. The van der Waals surface area contributed by atoms with Gasteiger partial charge in [0, 0.05) is 57.8 Å². The number of halogens is 1. The van der Waals surface area contributed by atoms with Crippen molar-refractivity contribution in [3.63, 3.8) is 0 Å². The number of aromatic nitrogens is 3. The molecule has 9 heteroatoms. The fourth-order valence-electron chi connectivity index (χ4n) is 4.50. The number of ether oxygens (including phenoxy) is 1. The topological polar surface area (TPSA) is 75.5 Å². The lowest BCUT2D eigenvalue weighted by Gasteiger charge is -2.23. The standard InChI is InChI=1S/C26H33ClN6O2/c1-6-33-25(19-12-11-18(31(4)5)14-20(19)27)29-17(3)24(26(33)34)30-21-15-32(16-22(21)35-7-2)23-10-8-9-13-28-23/h8-14,21-22,30H,6-7,15-16H2,1-5H3. The summed E-state index contributed by atoms with van der Waals surface area (Å²) in [6.45, 7) is 8.22. The Morgan fingerprint density at radius 1 is 1.20 bits per heavy atom. The lowest BCUT2D eigenvalue weighted by Crippen LogP contribution is -2.38. The second-order valence-corrected chi connectivity index (χ2v) is 9.25. The third-order valence-electron chi connectivity index (χ3n) is 6.33. The summed E-state index contributed by atoms with van der Waals surface area (Å²) in [4.78, 5) is 27.1. The highest BCUT2D eigenvalue weighted by molar-refractivity contribution is 6.33. The van der Waals surface area contributed by atoms with E-state index in [2.05, 4.69) is 15.2 Å². The molecule has 1 aromatic carbocycles. The molecule has 0 radical (unpaired) electrons. The molecule has 1 saturated heterocycles. The van der Waals surface area contributed by atoms with Gasteiger partial charge in [0.05, 0.1) is 22.9 Å². The van der Waals surface area contributed by atoms with Crippen LogP contribution in [0.4, 0.5) is 17.2 Å². The highest BCUT2D eigenvalue weighted by Gasteiger charge is 2.35. The highest BCUT2D eigenvalue weighted by atomic mass is 35.5. The number of benzene rings is 1. The average molecular weight is 497 g/mol. The second kappa shape index (κ2) is 10.7. The van der Waals surface area contributed by atoms with Crippen molar-refractivity contribution in [2.45, 2.75) is 39.5 Å². The van der Waals surface area contributed by atoms with Gasteiger partial charge in [-0.15, -0.1) is 0 Å². The Labute approximate surface area is 211 Å². The van der Waals surface area contributed by atoms with Crippen molar-refractivity contribution in [3.8, 4) is 11.4 Å². The van der Waals surface area contributed by atoms with Gasteiger partial charge in [0.25, 0.3) is 5.56 Å². The summed E-state index contributed by atoms with van der Waals surface area (Å²) in [6, 6.07) is 11.6. The third-order valence-corrected chi connectivity index (χ3v) is 6.64. The maximum Gasteiger partial charge on any atom is 0.277 e. The van der Waals surface area contributed by atoms with Crippen LogP contribution in [-0.4, -0.2) is 60.5 Å². The summed E-state index contributed by atoms with van der Waals surface area (Å²) in [5.41, 5.74) is 2.73. The van der Waals surface area contributed by atoms with E-state index in [1.807, 2.05) is 76.2 Å². The molecule has 0 saturated carbocycles. The van der Waals surface area contributed by atoms with Crippen LogP contribution in [0.15, 0.2) is 47.4 Å². The summed E-state index contributed by atoms with van der Waals surface area (Å²) >= 11 is 6.62. The Bertz CT molecular complexity index is 1230. The van der Waals surface area contributed by atoms with Gasteiger partial charge in [-0.2, -0.15) is 0 Å². The molecule has 0 aliphatic carbocycles. The lowest BCUT2D eigenvalue weighted by atomic mass is 10.1. The summed E-state index contributed by atoms with van der Waals surface area (Å²) < 4.78 is 7.71. The average Bonchev–Trinajstić information content (AvgIpc) is 3.24. The molecule has 3 heterocycles. The molecule has 1 aliphatic rings. The minimum Gasteiger partial charge on any atom is -0.378 e. The third kappa shape index (κ3) is 5.13. The number of rotatable bonds is 8. The molecule has 186 valence electrons. The van der Waals surface area contributed by atoms with Crippen LogP contribution in [0.25, 0.3) is 11.4 Å². The predicted octanol–water partition coefficient (Wildman–Crippen LogP) is 4.06. The van der Waals surface area contributed by atoms with E-state index in [9.17, 15) is 4.79 Å². The van der Waals surface area contributed by atoms with Crippen LogP contribution in [0.5, 0.6) is 0 Å². The number of anilines is 3. The number of nitrogens with one attached hydrogen (secondary N) is 1. The molecular weight excluding hydrogens is 464 g/mol. The van der Waals surface area contributed by atoms with E-state index in [0.717, 1.165) is 17.1 Å². The van der Waals surface area contributed by atoms with Gasteiger partial charge in [-0.3, -0.25) is 9.36 Å². The fraction of sp³-hybridized carbons (Fsp3) is 0.423. The zero-order chi connectivity index (χ0) is 25.1. The molecular formula is C26H33ClN6O2. The molecule has 35 heavy (non-hydrogen) atoms. The number of nitrogens with zero attached hydrogens (tertiary/aromatic N) is 5. The molecule has 1 fully saturated rings. The van der Waals surface area contributed by atoms with Crippen LogP contribution in [0.1, 0.15) is 19.5 Å². The van der Waals surface area contributed by atoms with Crippen LogP contribution >= 0.6 is 11.6 Å². The van der Waals surface area contributed by atoms with Crippen molar-refractivity contribution in [2.75, 3.05) is 48.9 Å². The van der Waals surface area contributed by atoms with Crippen LogP contribution in [0, 0.1) is 6.92 Å². The van der Waals surface area contributed by atoms with E-state index in [1.165, 1.54) is 0 Å². The van der Waals surface area contributed by atoms with Crippen LogP contribution in [0.2, 0.25) is 5.02 Å². The number of pyridine rings is 1. The first-order chi connectivity index (χ1) is 16.8. The van der Waals surface area contributed by atoms with Crippen molar-refractivity contribution in [1.82, 2.24) is 14.5 Å². The number of aryl methyl sites for hydroxylation is 1. The zero-order valence-electron chi connectivity index (χ0n) is 21.0. The van der Waals surface area contributed by atoms with Gasteiger partial charge in [0.2, 0.25) is 0 Å². The van der Waals surface area contributed by atoms with E-state index >= 15 is 0 Å². The fourth-order valence-corrected chi connectivity index (χ4v) is 4.76. The normalized spacial score (nSPS) is 17.6. The number of hydrogen-bond acceptors (Lipinski definition) is 7. The molecule has 3 aromatic rings. The Kier molecular flexibility index (Phi) is 7.62. The lowest BCUT2D eigenvalue weighted by molar-refractivity contribution is 0.0720. The molecule has 1 aliphatic heterocycles. The monoisotopic (exact) mass is 496 g/mol. The van der Waals surface area contributed by atoms with Crippen molar-refractivity contribution >= 4 is 28.8 Å². The summed E-state index contributed by atoms with van der Waals surface area (Å²) in [5.74, 6) is 1.47. The van der Waals surface area contributed by atoms with Crippen molar-refractivity contribution in [3.05, 3.63) is 63.7 Å². The van der Waals surface area contributed by atoms with E-state index in [1.54, 1.807) is 10.8 Å². The van der Waals surface area contributed by atoms with Gasteiger partial charge in [0.15, 0.2) is 0 Å². The quantitative estimate of drug-likeness (QED) is 0.504. The van der Waals surface area contributed by atoms with Crippen LogP contribution in [-0.2, 0) is 11.3 Å². The molecule has 2 aromatic heterocycles. The Hall–Kier alpha value is -3.10. The first-order valence-electron chi connectivity index (χ1n) is 12.0. The summed E-state index contributed by atoms with van der Waals surface area (Å²) in [6.07, 6.45) is 1.71. The molecule has 1 N–H and O–H groups in total. The Morgan fingerprint density at radius 2 is 2.00 bits per heavy atom. The van der Waals surface area contributed by atoms with Crippen LogP contribution in [0.3, 0.4) is 0 Å². The molecule has 8 nitrogen and oxygen atoms in total. The van der Waals surface area contributed by atoms with Gasteiger partial charge >= 0.3 is 0 Å².